The smallest absolute Gasteiger partial charge is 0.330 e. The summed E-state index contributed by atoms with van der Waals surface area (Å²) in [6.45, 7) is 1.58. The fraction of sp³-hybridized carbons (Fsp3) is 0.333. The second kappa shape index (κ2) is 7.49. The van der Waals surface area contributed by atoms with E-state index in [0.717, 1.165) is 14.6 Å². The average molecular weight is 394 g/mol. The summed E-state index contributed by atoms with van der Waals surface area (Å²) in [6, 6.07) is 4.89. The van der Waals surface area contributed by atoms with Crippen molar-refractivity contribution in [1.82, 2.24) is 5.32 Å². The summed E-state index contributed by atoms with van der Waals surface area (Å²) in [5, 5.41) is 5.63. The number of methoxy groups -OCH3 is 1. The third-order valence-corrected chi connectivity index (χ3v) is 3.63. The monoisotopic (exact) mass is 392 g/mol. The Morgan fingerprint density at radius 3 is 2.37 bits per heavy atom. The van der Waals surface area contributed by atoms with Crippen LogP contribution in [0, 0.1) is 0 Å². The Hall–Kier alpha value is -1.08. The molecule has 0 saturated heterocycles. The van der Waals surface area contributed by atoms with Crippen LogP contribution in [0.3, 0.4) is 0 Å². The molecule has 1 rings (SSSR count). The largest absolute Gasteiger partial charge is 0.467 e. The summed E-state index contributed by atoms with van der Waals surface area (Å²) in [7, 11) is 1.28. The molecule has 0 heterocycles. The Labute approximate surface area is 128 Å². The zero-order valence-corrected chi connectivity index (χ0v) is 13.7. The van der Waals surface area contributed by atoms with Crippen LogP contribution in [-0.4, -0.2) is 31.6 Å². The van der Waals surface area contributed by atoms with Crippen LogP contribution in [0.5, 0.6) is 0 Å². The van der Waals surface area contributed by atoms with E-state index in [1.165, 1.54) is 14.0 Å². The number of para-hydroxylation sites is 1. The Kier molecular flexibility index (Phi) is 6.30. The van der Waals surface area contributed by atoms with Crippen molar-refractivity contribution in [3.05, 3.63) is 27.1 Å². The first-order chi connectivity index (χ1) is 8.95. The molecule has 19 heavy (non-hydrogen) atoms. The van der Waals surface area contributed by atoms with Gasteiger partial charge in [-0.05, 0) is 44.0 Å². The van der Waals surface area contributed by atoms with Crippen molar-refractivity contribution in [3.8, 4) is 0 Å². The topological polar surface area (TPSA) is 67.4 Å². The first-order valence-corrected chi connectivity index (χ1v) is 7.07. The molecule has 0 saturated carbocycles. The first-order valence-electron chi connectivity index (χ1n) is 5.48. The highest BCUT2D eigenvalue weighted by Crippen LogP contribution is 2.30. The number of carbonyl (C=O) groups excluding carboxylic acids is 2. The van der Waals surface area contributed by atoms with E-state index >= 15 is 0 Å². The van der Waals surface area contributed by atoms with Gasteiger partial charge in [0.25, 0.3) is 0 Å². The van der Waals surface area contributed by atoms with Gasteiger partial charge in [-0.1, -0.05) is 6.07 Å². The summed E-state index contributed by atoms with van der Waals surface area (Å²) in [5.74, 6) is -0.783. The number of nitrogens with one attached hydrogen (secondary N) is 2. The lowest BCUT2D eigenvalue weighted by Crippen LogP contribution is -2.45. The van der Waals surface area contributed by atoms with Crippen LogP contribution in [0.25, 0.3) is 0 Å². The molecule has 0 aromatic heterocycles. The van der Waals surface area contributed by atoms with Crippen molar-refractivity contribution in [2.24, 2.45) is 0 Å². The second-order valence-corrected chi connectivity index (χ2v) is 5.46. The van der Waals surface area contributed by atoms with Crippen LogP contribution in [0.2, 0.25) is 0 Å². The van der Waals surface area contributed by atoms with Crippen molar-refractivity contribution in [2.75, 3.05) is 19.0 Å². The van der Waals surface area contributed by atoms with Crippen LogP contribution in [-0.2, 0) is 14.3 Å². The van der Waals surface area contributed by atoms with E-state index in [1.807, 2.05) is 18.2 Å². The standard InChI is InChI=1S/C12H14Br2N2O3/c1-7(17)16-10(12(18)19-2)6-15-11-8(13)4-3-5-9(11)14/h3-5,10,15H,6H2,1-2H3,(H,16,17). The van der Waals surface area contributed by atoms with E-state index in [0.29, 0.717) is 0 Å². The normalized spacial score (nSPS) is 11.6. The first kappa shape index (κ1) is 16.0. The number of carbonyl (C=O) groups is 2. The Balaban J connectivity index is 2.76. The second-order valence-electron chi connectivity index (χ2n) is 3.75. The molecule has 1 atom stereocenters. The van der Waals surface area contributed by atoms with Gasteiger partial charge in [-0.2, -0.15) is 0 Å². The lowest BCUT2D eigenvalue weighted by atomic mass is 10.2. The molecule has 0 fully saturated rings. The minimum atomic E-state index is -0.735. The lowest BCUT2D eigenvalue weighted by Gasteiger charge is -2.18. The van der Waals surface area contributed by atoms with Gasteiger partial charge in [-0.25, -0.2) is 4.79 Å². The number of hydrogen-bond donors (Lipinski definition) is 2. The van der Waals surface area contributed by atoms with Gasteiger partial charge < -0.3 is 15.4 Å². The highest BCUT2D eigenvalue weighted by Gasteiger charge is 2.20. The summed E-state index contributed by atoms with van der Waals surface area (Å²) in [4.78, 5) is 22.6. The van der Waals surface area contributed by atoms with E-state index in [4.69, 9.17) is 0 Å². The number of halogens is 2. The van der Waals surface area contributed by atoms with Gasteiger partial charge in [0.2, 0.25) is 5.91 Å². The Morgan fingerprint density at radius 2 is 1.89 bits per heavy atom. The van der Waals surface area contributed by atoms with E-state index in [1.54, 1.807) is 0 Å². The highest BCUT2D eigenvalue weighted by atomic mass is 79.9. The quantitative estimate of drug-likeness (QED) is 0.753. The Morgan fingerprint density at radius 1 is 1.32 bits per heavy atom. The average Bonchev–Trinajstić information content (AvgIpc) is 2.35. The molecule has 0 bridgehead atoms. The molecule has 104 valence electrons. The number of amides is 1. The van der Waals surface area contributed by atoms with Crippen molar-refractivity contribution in [1.29, 1.82) is 0 Å². The third-order valence-electron chi connectivity index (χ3n) is 2.31. The van der Waals surface area contributed by atoms with Gasteiger partial charge in [-0.15, -0.1) is 0 Å². The molecule has 0 spiro atoms. The number of benzene rings is 1. The van der Waals surface area contributed by atoms with Crippen LogP contribution < -0.4 is 10.6 Å². The lowest BCUT2D eigenvalue weighted by molar-refractivity contribution is -0.144. The SMILES string of the molecule is COC(=O)C(CNc1c(Br)cccc1Br)NC(C)=O. The van der Waals surface area contributed by atoms with E-state index in [-0.39, 0.29) is 12.5 Å². The molecule has 7 heteroatoms. The van der Waals surface area contributed by atoms with Gasteiger partial charge in [0.1, 0.15) is 6.04 Å². The van der Waals surface area contributed by atoms with Gasteiger partial charge in [-0.3, -0.25) is 4.79 Å². The summed E-state index contributed by atoms with van der Waals surface area (Å²) < 4.78 is 6.35. The number of anilines is 1. The van der Waals surface area contributed by atoms with Gasteiger partial charge in [0.05, 0.1) is 12.8 Å². The zero-order valence-electron chi connectivity index (χ0n) is 10.5. The fourth-order valence-electron chi connectivity index (χ4n) is 1.45. The van der Waals surface area contributed by atoms with Crippen molar-refractivity contribution in [2.45, 2.75) is 13.0 Å². The third kappa shape index (κ3) is 4.83. The number of rotatable bonds is 5. The summed E-state index contributed by atoms with van der Waals surface area (Å²) in [5.41, 5.74) is 0.807. The van der Waals surface area contributed by atoms with Crippen LogP contribution >= 0.6 is 31.9 Å². The molecule has 1 amide bonds. The van der Waals surface area contributed by atoms with Gasteiger partial charge in [0, 0.05) is 22.4 Å². The molecule has 0 aliphatic heterocycles. The maximum atomic E-state index is 11.5. The maximum Gasteiger partial charge on any atom is 0.330 e. The van der Waals surface area contributed by atoms with Crippen molar-refractivity contribution in [3.63, 3.8) is 0 Å². The van der Waals surface area contributed by atoms with Crippen LogP contribution in [0.4, 0.5) is 5.69 Å². The molecule has 2 N–H and O–H groups in total. The molecule has 0 radical (unpaired) electrons. The molecule has 5 nitrogen and oxygen atoms in total. The minimum Gasteiger partial charge on any atom is -0.467 e. The van der Waals surface area contributed by atoms with E-state index in [2.05, 4.69) is 47.2 Å². The summed E-state index contributed by atoms with van der Waals surface area (Å²) >= 11 is 6.81. The minimum absolute atomic E-state index is 0.230. The zero-order chi connectivity index (χ0) is 14.4. The molecule has 1 aromatic rings. The van der Waals surface area contributed by atoms with E-state index < -0.39 is 12.0 Å². The molecule has 0 aliphatic carbocycles. The predicted octanol–water partition coefficient (Wildman–Crippen LogP) is 2.30. The van der Waals surface area contributed by atoms with Gasteiger partial charge >= 0.3 is 5.97 Å². The molecule has 0 aliphatic rings. The highest BCUT2D eigenvalue weighted by molar-refractivity contribution is 9.11. The van der Waals surface area contributed by atoms with Crippen LogP contribution in [0.1, 0.15) is 6.92 Å². The van der Waals surface area contributed by atoms with E-state index in [9.17, 15) is 9.59 Å². The Bertz CT molecular complexity index is 460. The maximum absolute atomic E-state index is 11.5. The number of esters is 1. The number of ether oxygens (including phenoxy) is 1. The van der Waals surface area contributed by atoms with Crippen molar-refractivity contribution < 1.29 is 14.3 Å². The van der Waals surface area contributed by atoms with Crippen LogP contribution in [0.15, 0.2) is 27.1 Å². The summed E-state index contributed by atoms with van der Waals surface area (Å²) in [6.07, 6.45) is 0. The van der Waals surface area contributed by atoms with Gasteiger partial charge in [0.15, 0.2) is 0 Å². The molecule has 1 aromatic carbocycles. The fourth-order valence-corrected chi connectivity index (χ4v) is 2.73. The molecule has 1 unspecified atom stereocenters. The molecular weight excluding hydrogens is 380 g/mol. The van der Waals surface area contributed by atoms with Crippen molar-refractivity contribution >= 4 is 49.4 Å². The number of hydrogen-bond acceptors (Lipinski definition) is 4. The molecular formula is C12H14Br2N2O3. The predicted molar refractivity (Wildman–Crippen MR) is 80.0 cm³/mol.